The number of alkyl halides is 2. The van der Waals surface area contributed by atoms with E-state index in [2.05, 4.69) is 144 Å². The van der Waals surface area contributed by atoms with Crippen molar-refractivity contribution < 1.29 is 28.2 Å². The average Bonchev–Trinajstić information content (AvgIpc) is 1.56. The second-order valence-electron chi connectivity index (χ2n) is 39.6. The summed E-state index contributed by atoms with van der Waals surface area (Å²) < 4.78 is 35.4. The van der Waals surface area contributed by atoms with Crippen LogP contribution in [0.15, 0.2) is 0 Å². The Bertz CT molecular complexity index is 2530. The van der Waals surface area contributed by atoms with Crippen LogP contribution >= 0.6 is 0 Å². The number of hydrogen-bond donors (Lipinski definition) is 5. The van der Waals surface area contributed by atoms with E-state index in [0.29, 0.717) is 54.8 Å². The molecule has 14 heterocycles. The van der Waals surface area contributed by atoms with Gasteiger partial charge in [-0.2, -0.15) is 0 Å². The lowest BCUT2D eigenvalue weighted by molar-refractivity contribution is -0.122. The summed E-state index contributed by atoms with van der Waals surface area (Å²) >= 11 is 0. The Morgan fingerprint density at radius 1 is 0.505 bits per heavy atom. The number of aliphatic hydroxyl groups is 1. The molecule has 29 atom stereocenters. The first-order valence-electron chi connectivity index (χ1n) is 42.0. The van der Waals surface area contributed by atoms with Gasteiger partial charge in [0.1, 0.15) is 0 Å². The lowest BCUT2D eigenvalue weighted by atomic mass is 10.0. The zero-order valence-corrected chi connectivity index (χ0v) is 67.1. The van der Waals surface area contributed by atoms with E-state index in [-0.39, 0.29) is 35.4 Å². The van der Waals surface area contributed by atoms with Gasteiger partial charge in [0, 0.05) is 223 Å². The first-order valence-corrected chi connectivity index (χ1v) is 42.0. The van der Waals surface area contributed by atoms with Gasteiger partial charge in [0.2, 0.25) is 5.91 Å². The molecule has 24 fully saturated rings. The van der Waals surface area contributed by atoms with Crippen LogP contribution in [0, 0.1) is 136 Å². The lowest BCUT2D eigenvalue weighted by Crippen LogP contribution is -2.32. The van der Waals surface area contributed by atoms with Gasteiger partial charge in [-0.1, -0.05) is 19.8 Å². The van der Waals surface area contributed by atoms with Crippen LogP contribution in [0.25, 0.3) is 0 Å². The van der Waals surface area contributed by atoms with Crippen molar-refractivity contribution in [3.05, 3.63) is 0 Å². The fourth-order valence-corrected chi connectivity index (χ4v) is 23.4. The number of nitrogens with two attached hydrogens (primary N) is 3. The number of hydrogen-bond acceptors (Lipinski definition) is 19. The maximum atomic E-state index is 12.4. The fourth-order valence-electron chi connectivity index (χ4n) is 23.4. The number of halogens is 2. The number of aliphatic hydroxyl groups excluding tert-OH is 1. The van der Waals surface area contributed by atoms with Crippen LogP contribution in [0.3, 0.4) is 0 Å². The first-order chi connectivity index (χ1) is 49.0. The Hall–Kier alpha value is -1.39. The Kier molecular flexibility index (Phi) is 25.9. The summed E-state index contributed by atoms with van der Waals surface area (Å²) in [6.45, 7) is 32.5. The van der Waals surface area contributed by atoms with Crippen LogP contribution in [0.4, 0.5) is 8.78 Å². The van der Waals surface area contributed by atoms with Gasteiger partial charge in [-0.05, 0) is 237 Å². The molecule has 592 valence electrons. The van der Waals surface area contributed by atoms with Crippen molar-refractivity contribution in [2.75, 3.05) is 262 Å². The number of likely N-dealkylation sites (N-methyl/N-ethyl adjacent to an activating group) is 2. The second-order valence-corrected chi connectivity index (χ2v) is 39.6. The van der Waals surface area contributed by atoms with Gasteiger partial charge in [0.05, 0.1) is 24.7 Å². The maximum absolute atomic E-state index is 12.4. The van der Waals surface area contributed by atoms with Crippen molar-refractivity contribution in [3.63, 3.8) is 0 Å². The average molecular weight is 1450 g/mol. The third-order valence-electron chi connectivity index (χ3n) is 30.6. The van der Waals surface area contributed by atoms with Crippen molar-refractivity contribution >= 4 is 5.91 Å². The van der Waals surface area contributed by atoms with Crippen molar-refractivity contribution in [1.82, 2.24) is 64.1 Å². The Labute approximate surface area is 623 Å². The summed E-state index contributed by atoms with van der Waals surface area (Å²) in [4.78, 5) is 39.2. The molecule has 0 radical (unpaired) electrons. The number of likely N-dealkylation sites (tertiary alicyclic amines) is 12. The first kappa shape index (κ1) is 79.7. The predicted octanol–water partition coefficient (Wildman–Crippen LogP) is 3.30. The molecule has 1 amide bonds. The number of nitrogens with zero attached hydrogens (tertiary/aromatic N) is 12. The van der Waals surface area contributed by atoms with Gasteiger partial charge in [0.25, 0.3) is 5.92 Å². The third-order valence-corrected chi connectivity index (χ3v) is 30.6. The van der Waals surface area contributed by atoms with Crippen LogP contribution in [0.2, 0.25) is 0 Å². The van der Waals surface area contributed by atoms with Crippen LogP contribution < -0.4 is 22.5 Å². The monoisotopic (exact) mass is 1450 g/mol. The number of ether oxygens (including phenoxy) is 2. The summed E-state index contributed by atoms with van der Waals surface area (Å²) in [6, 6.07) is 1.86. The highest BCUT2D eigenvalue weighted by Gasteiger charge is 2.71. The number of nitrogens with one attached hydrogen (secondary N) is 1. The van der Waals surface area contributed by atoms with Gasteiger partial charge >= 0.3 is 0 Å². The van der Waals surface area contributed by atoms with E-state index >= 15 is 0 Å². The smallest absolute Gasteiger partial charge is 0.257 e. The molecule has 0 spiro atoms. The van der Waals surface area contributed by atoms with E-state index in [1.807, 2.05) is 11.9 Å². The number of carbonyl (C=O) groups excluding carboxylic acids is 1. The van der Waals surface area contributed by atoms with Gasteiger partial charge in [-0.3, -0.25) is 4.79 Å². The van der Waals surface area contributed by atoms with Crippen molar-refractivity contribution in [2.24, 2.45) is 153 Å². The molecule has 8 N–H and O–H groups in total. The molecule has 22 heteroatoms. The van der Waals surface area contributed by atoms with E-state index in [1.165, 1.54) is 156 Å². The molecule has 14 aliphatic heterocycles. The van der Waals surface area contributed by atoms with E-state index in [4.69, 9.17) is 31.8 Å². The maximum Gasteiger partial charge on any atom is 0.257 e. The predicted molar refractivity (Wildman–Crippen MR) is 409 cm³/mol. The zero-order chi connectivity index (χ0) is 73.2. The van der Waals surface area contributed by atoms with Gasteiger partial charge in [-0.15, -0.1) is 0 Å². The lowest BCUT2D eigenvalue weighted by Gasteiger charge is -2.11. The summed E-state index contributed by atoms with van der Waals surface area (Å²) in [7, 11) is 27.7. The number of carbonyl (C=O) groups is 1. The SMILES string of the molecule is CC1[C@H]2CN(C)C[C@@H]12.CN1CC2C(C1)C2(F)F.CN1CC2CC2(N)C1.CN1CC2CC2C1.CN1CC2CCCC2C1.CN1CC2OCC(N)C2C1.CN1CCC2CC21.CN1C[C@@H]2C(N)[C@@H]2C1.CN1C[C@@H]2C(O)[C@@H]2C1.CN1C[C@@H]2CNC(=O)[C@@H]2C1.CN1C[C@H]2CCC[C@H]2C1.COCC1[C@H]2CN(C)C[C@@H]12. The largest absolute Gasteiger partial charge is 0.392 e. The summed E-state index contributed by atoms with van der Waals surface area (Å²) in [5.74, 6) is 16.4. The Morgan fingerprint density at radius 2 is 0.942 bits per heavy atom. The van der Waals surface area contributed by atoms with Crippen LogP contribution in [0.5, 0.6) is 0 Å². The number of piperidine rings is 8. The summed E-state index contributed by atoms with van der Waals surface area (Å²) in [5, 5.41) is 11.9. The minimum absolute atomic E-state index is 0.0613. The minimum atomic E-state index is -2.30. The molecule has 0 aromatic heterocycles. The van der Waals surface area contributed by atoms with Crippen LogP contribution in [0.1, 0.15) is 71.1 Å². The topological polar surface area (TPSA) is 185 Å². The molecule has 24 rings (SSSR count). The van der Waals surface area contributed by atoms with E-state index in [0.717, 1.165) is 166 Å². The minimum Gasteiger partial charge on any atom is -0.392 e. The third kappa shape index (κ3) is 20.1. The summed E-state index contributed by atoms with van der Waals surface area (Å²) in [6.07, 6.45) is 15.3. The highest BCUT2D eigenvalue weighted by atomic mass is 19.3. The Balaban J connectivity index is 0.000000100. The molecule has 0 bridgehead atoms. The molecule has 0 aromatic rings. The van der Waals surface area contributed by atoms with Gasteiger partial charge < -0.3 is 95.9 Å². The highest BCUT2D eigenvalue weighted by molar-refractivity contribution is 5.81. The highest BCUT2D eigenvalue weighted by Crippen LogP contribution is 2.59. The van der Waals surface area contributed by atoms with Crippen LogP contribution in [-0.2, 0) is 14.3 Å². The van der Waals surface area contributed by atoms with Crippen molar-refractivity contribution in [3.8, 4) is 0 Å². The number of fused-ring (bicyclic) bond motifs is 12. The molecular formula is C81H150F2N16O4. The normalized spacial score (nSPS) is 48.2. The molecule has 10 aliphatic carbocycles. The number of rotatable bonds is 2. The Morgan fingerprint density at radius 3 is 1.30 bits per heavy atom. The quantitative estimate of drug-likeness (QED) is 0.271. The standard InChI is InChI=1S/C8H15NO.2C8H15N.C7H14N2O.C7H12N2O.C7H13N.C6H9F2N.2C6H12N2.C6H11NO.2C6H11N/c1-9-3-6-7(4-9)8(6)5-10-2;2*1-9-5-7-3-2-4-8(7)6-9;1-9-2-5-6(8)4-10-7(5)3-9;1-9-3-5-2-8-7(10)6(5)4-9;1-5-6-3-8(2)4-7(5)6;1-9-2-4-5(3-9)6(4,7)8;1-8-3-5-2-6(5,7)4-8;1-8-2-4-5(3-8)6(4)7;1-7-2-4-5(3-7)6(4)8;1-7-3-5-2-6(5)4-7;1-7-3-2-5-4-6(5)7/h6-8H,3-5H2,1-2H3;2*7-8H,2-6H2,1H3;5-7H,2-4,8H2,1H3;5-6H,2-4H2,1H3,(H,8,10);5-7H,3-4H2,1-2H3;4-5H,2-3H2,1H3;5H,2-4,7H2,1H3;4-6H,2-3,7H2,1H3;4-6,8H,2-3H2,1H3;2*5-6H,2-4H2,1H3/t6-,7+,8?;7-,8+;;;5-,6+;5?,6-,7+;;;2*4-,5+,6?;;/m....0......./s1. The van der Waals surface area contributed by atoms with Crippen LogP contribution in [-0.4, -0.2) is 374 Å². The molecule has 0 aromatic carbocycles. The molecule has 24 aliphatic rings. The second kappa shape index (κ2) is 33.5. The molecule has 20 nitrogen and oxygen atoms in total. The van der Waals surface area contributed by atoms with Gasteiger partial charge in [-0.25, -0.2) is 8.78 Å². The van der Waals surface area contributed by atoms with E-state index in [1.54, 1.807) is 7.11 Å². The van der Waals surface area contributed by atoms with Crippen molar-refractivity contribution in [1.29, 1.82) is 0 Å². The number of amides is 1. The molecular weight excluding hydrogens is 1300 g/mol. The van der Waals surface area contributed by atoms with E-state index < -0.39 is 5.92 Å². The molecule has 14 saturated heterocycles. The molecule has 17 unspecified atom stereocenters. The summed E-state index contributed by atoms with van der Waals surface area (Å²) in [5.41, 5.74) is 17.7. The molecule has 10 saturated carbocycles. The van der Waals surface area contributed by atoms with Gasteiger partial charge in [0.15, 0.2) is 0 Å². The van der Waals surface area contributed by atoms with Crippen molar-refractivity contribution in [2.45, 2.75) is 113 Å². The van der Waals surface area contributed by atoms with E-state index in [9.17, 15) is 13.6 Å². The zero-order valence-electron chi connectivity index (χ0n) is 67.1. The number of methoxy groups -OCH3 is 1. The fraction of sp³-hybridized carbons (Fsp3) is 0.988. The molecule has 103 heavy (non-hydrogen) atoms.